The second-order valence-corrected chi connectivity index (χ2v) is 6.11. The summed E-state index contributed by atoms with van der Waals surface area (Å²) in [5, 5.41) is 8.77. The Kier molecular flexibility index (Phi) is 4.03. The number of nitrogens with two attached hydrogens (primary N) is 1. The van der Waals surface area contributed by atoms with Gasteiger partial charge in [0, 0.05) is 12.6 Å². The summed E-state index contributed by atoms with van der Waals surface area (Å²) >= 11 is 0. The molecular formula is C15H22N4O. The minimum absolute atomic E-state index is 0.336. The van der Waals surface area contributed by atoms with Gasteiger partial charge in [-0.25, -0.2) is 0 Å². The van der Waals surface area contributed by atoms with Crippen LogP contribution in [-0.4, -0.2) is 23.2 Å². The number of nitriles is 1. The zero-order chi connectivity index (χ0) is 14.8. The third-order valence-corrected chi connectivity index (χ3v) is 3.02. The molecule has 2 rings (SSSR count). The monoisotopic (exact) mass is 274 g/mol. The zero-order valence-corrected chi connectivity index (χ0v) is 12.4. The molecule has 0 aliphatic heterocycles. The molecular weight excluding hydrogens is 252 g/mol. The number of nitrogens with zero attached hydrogens (tertiary/aromatic N) is 3. The Hall–Kier alpha value is -1.96. The summed E-state index contributed by atoms with van der Waals surface area (Å²) in [6.07, 6.45) is 2.82. The Balaban J connectivity index is 2.22. The van der Waals surface area contributed by atoms with Gasteiger partial charge in [-0.3, -0.25) is 0 Å². The van der Waals surface area contributed by atoms with Crippen LogP contribution in [0.4, 0.5) is 11.5 Å². The molecule has 0 radical (unpaired) electrons. The van der Waals surface area contributed by atoms with Gasteiger partial charge in [0.25, 0.3) is 0 Å². The number of hydrogen-bond donors (Lipinski definition) is 1. The third kappa shape index (κ3) is 3.77. The number of aromatic nitrogens is 1. The highest BCUT2D eigenvalue weighted by molar-refractivity contribution is 5.55. The van der Waals surface area contributed by atoms with Crippen molar-refractivity contribution in [3.05, 3.63) is 12.1 Å². The van der Waals surface area contributed by atoms with Crippen LogP contribution in [0.5, 0.6) is 5.88 Å². The van der Waals surface area contributed by atoms with Crippen LogP contribution in [0.25, 0.3) is 0 Å². The molecule has 0 atom stereocenters. The van der Waals surface area contributed by atoms with Crippen molar-refractivity contribution in [3.63, 3.8) is 0 Å². The molecule has 0 amide bonds. The standard InChI is InChI=1S/C15H22N4O/c1-15(2,3)20-14-12(17)7-8-13(18-14)19(10-4-9-16)11-5-6-11/h7-8,11H,4-6,10,17H2,1-3H3. The second-order valence-electron chi connectivity index (χ2n) is 6.11. The van der Waals surface area contributed by atoms with Gasteiger partial charge in [0.15, 0.2) is 0 Å². The lowest BCUT2D eigenvalue weighted by molar-refractivity contribution is 0.125. The van der Waals surface area contributed by atoms with Crippen LogP contribution in [0, 0.1) is 11.3 Å². The molecule has 0 spiro atoms. The first-order valence-electron chi connectivity index (χ1n) is 7.00. The van der Waals surface area contributed by atoms with Crippen molar-refractivity contribution < 1.29 is 4.74 Å². The fraction of sp³-hybridized carbons (Fsp3) is 0.600. The summed E-state index contributed by atoms with van der Waals surface area (Å²) < 4.78 is 5.80. The van der Waals surface area contributed by atoms with Gasteiger partial charge in [0.2, 0.25) is 5.88 Å². The molecule has 0 bridgehead atoms. The van der Waals surface area contributed by atoms with Gasteiger partial charge < -0.3 is 15.4 Å². The third-order valence-electron chi connectivity index (χ3n) is 3.02. The van der Waals surface area contributed by atoms with E-state index in [0.717, 1.165) is 18.7 Å². The summed E-state index contributed by atoms with van der Waals surface area (Å²) in [5.41, 5.74) is 6.14. The van der Waals surface area contributed by atoms with Crippen LogP contribution in [0.15, 0.2) is 12.1 Å². The molecule has 5 nitrogen and oxygen atoms in total. The maximum atomic E-state index is 8.77. The SMILES string of the molecule is CC(C)(C)Oc1nc(N(CCC#N)C2CC2)ccc1N. The lowest BCUT2D eigenvalue weighted by Crippen LogP contribution is -2.29. The Labute approximate surface area is 120 Å². The summed E-state index contributed by atoms with van der Waals surface area (Å²) in [7, 11) is 0. The second kappa shape index (κ2) is 5.58. The van der Waals surface area contributed by atoms with E-state index in [0.29, 0.717) is 30.6 Å². The van der Waals surface area contributed by atoms with Crippen LogP contribution in [-0.2, 0) is 0 Å². The smallest absolute Gasteiger partial charge is 0.239 e. The highest BCUT2D eigenvalue weighted by Crippen LogP contribution is 2.33. The van der Waals surface area contributed by atoms with E-state index in [2.05, 4.69) is 16.0 Å². The number of ether oxygens (including phenoxy) is 1. The summed E-state index contributed by atoms with van der Waals surface area (Å²) in [5.74, 6) is 1.31. The highest BCUT2D eigenvalue weighted by Gasteiger charge is 2.30. The fourth-order valence-corrected chi connectivity index (χ4v) is 2.01. The Morgan fingerprint density at radius 1 is 1.45 bits per heavy atom. The molecule has 108 valence electrons. The van der Waals surface area contributed by atoms with E-state index in [-0.39, 0.29) is 5.60 Å². The van der Waals surface area contributed by atoms with E-state index < -0.39 is 0 Å². The Morgan fingerprint density at radius 2 is 2.15 bits per heavy atom. The van der Waals surface area contributed by atoms with Gasteiger partial charge >= 0.3 is 0 Å². The number of pyridine rings is 1. The lowest BCUT2D eigenvalue weighted by atomic mass is 10.2. The van der Waals surface area contributed by atoms with E-state index in [1.54, 1.807) is 0 Å². The van der Waals surface area contributed by atoms with E-state index in [4.69, 9.17) is 15.7 Å². The van der Waals surface area contributed by atoms with Gasteiger partial charge in [-0.1, -0.05) is 0 Å². The summed E-state index contributed by atoms with van der Waals surface area (Å²) in [6, 6.07) is 6.42. The van der Waals surface area contributed by atoms with Crippen molar-refractivity contribution in [2.75, 3.05) is 17.2 Å². The summed E-state index contributed by atoms with van der Waals surface area (Å²) in [4.78, 5) is 6.72. The van der Waals surface area contributed by atoms with Crippen LogP contribution in [0.2, 0.25) is 0 Å². The molecule has 0 aromatic carbocycles. The molecule has 2 N–H and O–H groups in total. The van der Waals surface area contributed by atoms with Gasteiger partial charge in [0.1, 0.15) is 11.4 Å². The average molecular weight is 274 g/mol. The molecule has 0 saturated heterocycles. The maximum Gasteiger partial charge on any atom is 0.239 e. The predicted molar refractivity (Wildman–Crippen MR) is 79.6 cm³/mol. The van der Waals surface area contributed by atoms with Crippen molar-refractivity contribution in [2.45, 2.75) is 51.7 Å². The molecule has 5 heteroatoms. The van der Waals surface area contributed by atoms with Crippen LogP contribution < -0.4 is 15.4 Å². The molecule has 1 aliphatic carbocycles. The first-order chi connectivity index (χ1) is 9.40. The minimum Gasteiger partial charge on any atom is -0.470 e. The minimum atomic E-state index is -0.336. The maximum absolute atomic E-state index is 8.77. The quantitative estimate of drug-likeness (QED) is 0.893. The van der Waals surface area contributed by atoms with E-state index in [1.165, 1.54) is 0 Å². The van der Waals surface area contributed by atoms with Crippen molar-refractivity contribution in [1.82, 2.24) is 4.98 Å². The molecule has 1 heterocycles. The summed E-state index contributed by atoms with van der Waals surface area (Å²) in [6.45, 7) is 6.60. The van der Waals surface area contributed by atoms with Crippen molar-refractivity contribution >= 4 is 11.5 Å². The Morgan fingerprint density at radius 3 is 2.70 bits per heavy atom. The normalized spacial score (nSPS) is 14.7. The van der Waals surface area contributed by atoms with Gasteiger partial charge in [-0.05, 0) is 45.7 Å². The Bertz CT molecular complexity index is 512. The fourth-order valence-electron chi connectivity index (χ4n) is 2.01. The van der Waals surface area contributed by atoms with Gasteiger partial charge in [-0.2, -0.15) is 10.2 Å². The average Bonchev–Trinajstić information content (AvgIpc) is 3.16. The topological polar surface area (TPSA) is 75.2 Å². The number of rotatable bonds is 5. The largest absolute Gasteiger partial charge is 0.470 e. The van der Waals surface area contributed by atoms with E-state index in [1.807, 2.05) is 32.9 Å². The van der Waals surface area contributed by atoms with Crippen LogP contribution in [0.1, 0.15) is 40.0 Å². The van der Waals surface area contributed by atoms with Crippen molar-refractivity contribution in [2.24, 2.45) is 0 Å². The van der Waals surface area contributed by atoms with Crippen molar-refractivity contribution in [1.29, 1.82) is 5.26 Å². The molecule has 1 aromatic heterocycles. The van der Waals surface area contributed by atoms with Crippen LogP contribution in [0.3, 0.4) is 0 Å². The van der Waals surface area contributed by atoms with E-state index in [9.17, 15) is 0 Å². The molecule has 0 unspecified atom stereocenters. The molecule has 1 saturated carbocycles. The highest BCUT2D eigenvalue weighted by atomic mass is 16.5. The van der Waals surface area contributed by atoms with Crippen LogP contribution >= 0.6 is 0 Å². The number of hydrogen-bond acceptors (Lipinski definition) is 5. The first-order valence-corrected chi connectivity index (χ1v) is 7.00. The molecule has 1 fully saturated rings. The molecule has 20 heavy (non-hydrogen) atoms. The lowest BCUT2D eigenvalue weighted by Gasteiger charge is -2.25. The zero-order valence-electron chi connectivity index (χ0n) is 12.4. The first kappa shape index (κ1) is 14.4. The molecule has 1 aromatic rings. The van der Waals surface area contributed by atoms with Gasteiger partial charge in [0.05, 0.1) is 18.2 Å². The van der Waals surface area contributed by atoms with Gasteiger partial charge in [-0.15, -0.1) is 0 Å². The van der Waals surface area contributed by atoms with E-state index >= 15 is 0 Å². The predicted octanol–water partition coefficient (Wildman–Crippen LogP) is 2.72. The van der Waals surface area contributed by atoms with Crippen molar-refractivity contribution in [3.8, 4) is 11.9 Å². The molecule has 1 aliphatic rings. The number of anilines is 2. The number of nitrogen functional groups attached to an aromatic ring is 1.